The Morgan fingerprint density at radius 1 is 0.455 bits per heavy atom. The van der Waals surface area contributed by atoms with E-state index in [-0.39, 0.29) is 0 Å². The molecule has 0 amide bonds. The van der Waals surface area contributed by atoms with Crippen LogP contribution >= 0.6 is 0 Å². The van der Waals surface area contributed by atoms with Crippen molar-refractivity contribution >= 4 is 0 Å². The summed E-state index contributed by atoms with van der Waals surface area (Å²) in [5.41, 5.74) is 2.79. The van der Waals surface area contributed by atoms with Crippen LogP contribution in [0, 0.1) is 75.4 Å². The lowest BCUT2D eigenvalue weighted by Gasteiger charge is -2.94. The second kappa shape index (κ2) is 2.59. The van der Waals surface area contributed by atoms with E-state index in [4.69, 9.17) is 0 Å². The van der Waals surface area contributed by atoms with Crippen LogP contribution in [0.5, 0.6) is 0 Å². The molecule has 0 N–H and O–H groups in total. The maximum Gasteiger partial charge on any atom is -0.0219 e. The van der Waals surface area contributed by atoms with E-state index in [2.05, 4.69) is 0 Å². The molecule has 0 nitrogen and oxygen atoms in total. The van der Waals surface area contributed by atoms with Crippen molar-refractivity contribution in [2.45, 2.75) is 57.8 Å². The minimum atomic E-state index is 0.929. The molecule has 13 saturated carbocycles. The van der Waals surface area contributed by atoms with E-state index in [1.165, 1.54) is 59.2 Å². The third-order valence-electron chi connectivity index (χ3n) is 12.3. The highest BCUT2D eigenvalue weighted by molar-refractivity contribution is 5.37. The first-order valence-electron chi connectivity index (χ1n) is 10.8. The molecule has 13 fully saturated rings. The molecule has 22 heavy (non-hydrogen) atoms. The van der Waals surface area contributed by atoms with Crippen LogP contribution in [-0.2, 0) is 0 Å². The van der Waals surface area contributed by atoms with Gasteiger partial charge in [-0.1, -0.05) is 0 Å². The van der Waals surface area contributed by atoms with Crippen molar-refractivity contribution in [2.75, 3.05) is 0 Å². The molecule has 3 spiro atoms. The summed E-state index contributed by atoms with van der Waals surface area (Å²) in [7, 11) is 0. The first-order chi connectivity index (χ1) is 10.8. The third-order valence-corrected chi connectivity index (χ3v) is 12.3. The van der Waals surface area contributed by atoms with Crippen LogP contribution in [0.1, 0.15) is 57.8 Å². The van der Waals surface area contributed by atoms with Crippen LogP contribution in [0.4, 0.5) is 0 Å². The van der Waals surface area contributed by atoms with E-state index in [9.17, 15) is 0 Å². The molecule has 0 atom stereocenters. The van der Waals surface area contributed by atoms with E-state index in [1.807, 2.05) is 0 Å². The predicted molar refractivity (Wildman–Crippen MR) is 83.8 cm³/mol. The monoisotopic (exact) mass is 292 g/mol. The molecule has 0 aliphatic heterocycles. The van der Waals surface area contributed by atoms with Crippen molar-refractivity contribution in [3.63, 3.8) is 0 Å². The average molecular weight is 292 g/mol. The predicted octanol–water partition coefficient (Wildman–Crippen LogP) is 4.74. The maximum absolute atomic E-state index is 1.73. The molecule has 0 aromatic heterocycles. The summed E-state index contributed by atoms with van der Waals surface area (Å²) < 4.78 is 0. The Hall–Kier alpha value is 0. The van der Waals surface area contributed by atoms with Gasteiger partial charge in [-0.3, -0.25) is 0 Å². The van der Waals surface area contributed by atoms with Gasteiger partial charge in [0.15, 0.2) is 0 Å². The topological polar surface area (TPSA) is 0 Å². The Morgan fingerprint density at radius 3 is 1.09 bits per heavy atom. The van der Waals surface area contributed by atoms with Gasteiger partial charge in [0.2, 0.25) is 0 Å². The van der Waals surface area contributed by atoms with Gasteiger partial charge in [-0.05, 0) is 133 Å². The lowest BCUT2D eigenvalue weighted by molar-refractivity contribution is -0.458. The lowest BCUT2D eigenvalue weighted by Crippen LogP contribution is -2.88. The standard InChI is InChI=1S/C22H28/c1-10-4-20-6-11-2-14-16(20)13(1)17-15-3-12-7-21(17,5-10)19(20)22(8-11,9-12)18(14)15/h10-19H,1-9H2. The second-order valence-electron chi connectivity index (χ2n) is 12.2. The summed E-state index contributed by atoms with van der Waals surface area (Å²) in [6.45, 7) is 0. The summed E-state index contributed by atoms with van der Waals surface area (Å²) in [5, 5.41) is 0. The SMILES string of the molecule is C1C2CC34CC5CC6C3C1C1C3CC7CC1(C2)C4C(C5)(C7)C63. The Balaban J connectivity index is 1.48. The number of hydrogen-bond donors (Lipinski definition) is 0. The van der Waals surface area contributed by atoms with Gasteiger partial charge in [0.1, 0.15) is 0 Å². The molecule has 0 saturated heterocycles. The largest absolute Gasteiger partial charge is 0.0470 e. The molecule has 0 unspecified atom stereocenters. The van der Waals surface area contributed by atoms with E-state index in [0.717, 1.165) is 16.2 Å². The fourth-order valence-corrected chi connectivity index (χ4v) is 14.2. The zero-order valence-electron chi connectivity index (χ0n) is 13.6. The minimum Gasteiger partial charge on any atom is -0.0470 e. The normalized spacial score (nSPS) is 85.1. The summed E-state index contributed by atoms with van der Waals surface area (Å²) in [6, 6.07) is 0. The van der Waals surface area contributed by atoms with Crippen molar-refractivity contribution in [3.05, 3.63) is 0 Å². The van der Waals surface area contributed by atoms with Crippen molar-refractivity contribution in [1.82, 2.24) is 0 Å². The van der Waals surface area contributed by atoms with E-state index in [1.54, 1.807) is 57.8 Å². The molecule has 0 aromatic carbocycles. The summed E-state index contributed by atoms with van der Waals surface area (Å²) in [5.74, 6) is 12.3. The van der Waals surface area contributed by atoms with Gasteiger partial charge in [0, 0.05) is 0 Å². The fourth-order valence-electron chi connectivity index (χ4n) is 14.2. The average Bonchev–Trinajstić information content (AvgIpc) is 2.42. The molecule has 0 aromatic rings. The molecule has 13 aliphatic carbocycles. The van der Waals surface area contributed by atoms with E-state index < -0.39 is 0 Å². The number of hydrogen-bond acceptors (Lipinski definition) is 0. The second-order valence-corrected chi connectivity index (χ2v) is 12.2. The minimum absolute atomic E-state index is 0.929. The molecule has 0 radical (unpaired) electrons. The Labute approximate surface area is 133 Å². The molecule has 13 bridgehead atoms. The van der Waals surface area contributed by atoms with Gasteiger partial charge in [-0.25, -0.2) is 0 Å². The molecular weight excluding hydrogens is 264 g/mol. The van der Waals surface area contributed by atoms with Crippen molar-refractivity contribution in [1.29, 1.82) is 0 Å². The van der Waals surface area contributed by atoms with Crippen LogP contribution in [0.25, 0.3) is 0 Å². The van der Waals surface area contributed by atoms with Gasteiger partial charge in [-0.15, -0.1) is 0 Å². The van der Waals surface area contributed by atoms with Crippen LogP contribution in [0.2, 0.25) is 0 Å². The highest BCUT2D eigenvalue weighted by Crippen LogP contribution is 2.95. The van der Waals surface area contributed by atoms with Crippen LogP contribution < -0.4 is 0 Å². The highest BCUT2D eigenvalue weighted by atomic mass is 14.9. The quantitative estimate of drug-likeness (QED) is 0.605. The highest BCUT2D eigenvalue weighted by Gasteiger charge is 2.89. The van der Waals surface area contributed by atoms with Crippen LogP contribution in [0.3, 0.4) is 0 Å². The van der Waals surface area contributed by atoms with Crippen molar-refractivity contribution in [3.8, 4) is 0 Å². The Morgan fingerprint density at radius 2 is 0.773 bits per heavy atom. The van der Waals surface area contributed by atoms with Gasteiger partial charge >= 0.3 is 0 Å². The molecule has 0 heteroatoms. The zero-order valence-corrected chi connectivity index (χ0v) is 13.6. The maximum atomic E-state index is 1.73. The summed E-state index contributed by atoms with van der Waals surface area (Å²) in [6.07, 6.45) is 15.5. The number of rotatable bonds is 0. The lowest BCUT2D eigenvalue weighted by atomic mass is 9.11. The third kappa shape index (κ3) is 0.694. The first kappa shape index (κ1) is 10.8. The van der Waals surface area contributed by atoms with Gasteiger partial charge in [0.25, 0.3) is 0 Å². The van der Waals surface area contributed by atoms with Gasteiger partial charge in [0.05, 0.1) is 0 Å². The van der Waals surface area contributed by atoms with E-state index >= 15 is 0 Å². The Kier molecular flexibility index (Phi) is 1.27. The Bertz CT molecular complexity index is 539. The summed E-state index contributed by atoms with van der Waals surface area (Å²) in [4.78, 5) is 0. The van der Waals surface area contributed by atoms with Gasteiger partial charge in [-0.2, -0.15) is 0 Å². The van der Waals surface area contributed by atoms with E-state index in [0.29, 0.717) is 0 Å². The van der Waals surface area contributed by atoms with Crippen LogP contribution in [-0.4, -0.2) is 0 Å². The zero-order chi connectivity index (χ0) is 13.6. The molecular formula is C22H28. The van der Waals surface area contributed by atoms with Crippen molar-refractivity contribution < 1.29 is 0 Å². The summed E-state index contributed by atoms with van der Waals surface area (Å²) >= 11 is 0. The fraction of sp³-hybridized carbons (Fsp3) is 1.00. The first-order valence-corrected chi connectivity index (χ1v) is 10.8. The smallest absolute Gasteiger partial charge is 0.0219 e. The van der Waals surface area contributed by atoms with Crippen LogP contribution in [0.15, 0.2) is 0 Å². The van der Waals surface area contributed by atoms with Gasteiger partial charge < -0.3 is 0 Å². The molecule has 116 valence electrons. The van der Waals surface area contributed by atoms with Crippen molar-refractivity contribution in [2.24, 2.45) is 75.4 Å². The molecule has 0 heterocycles. The molecule has 13 rings (SSSR count). The molecule has 13 aliphatic rings.